The van der Waals surface area contributed by atoms with E-state index < -0.39 is 78.2 Å². The summed E-state index contributed by atoms with van der Waals surface area (Å²) < 4.78 is 66.1. The number of aliphatic hydroxyl groups excluding tert-OH is 2. The Kier molecular flexibility index (Phi) is 7.47. The lowest BCUT2D eigenvalue weighted by Gasteiger charge is -2.34. The zero-order valence-corrected chi connectivity index (χ0v) is 23.7. The number of alkyl halides is 1. The second kappa shape index (κ2) is 9.76. The maximum absolute atomic E-state index is 15.7. The van der Waals surface area contributed by atoms with Crippen molar-refractivity contribution in [3.63, 3.8) is 0 Å². The van der Waals surface area contributed by atoms with Crippen LogP contribution < -0.4 is 15.8 Å². The van der Waals surface area contributed by atoms with E-state index in [2.05, 4.69) is 0 Å². The first-order valence-electron chi connectivity index (χ1n) is 12.0. The van der Waals surface area contributed by atoms with Crippen LogP contribution in [0.2, 0.25) is 5.02 Å². The van der Waals surface area contributed by atoms with E-state index in [9.17, 15) is 24.4 Å². The highest BCUT2D eigenvalue weighted by Crippen LogP contribution is 2.58. The summed E-state index contributed by atoms with van der Waals surface area (Å²) >= 11 is 5.71. The number of nitrogens with one attached hydrogen (secondary N) is 1. The molecule has 0 spiro atoms. The number of ether oxygens (including phenoxy) is 1. The number of nitrogens with zero attached hydrogens (tertiary/aromatic N) is 1. The van der Waals surface area contributed by atoms with Crippen LogP contribution in [-0.4, -0.2) is 44.4 Å². The number of phosphoric ester groups is 1. The molecule has 1 fully saturated rings. The molecule has 5 atom stereocenters. The summed E-state index contributed by atoms with van der Waals surface area (Å²) in [4.78, 5) is 25.5. The number of fused-ring (bicyclic) bond motifs is 1. The van der Waals surface area contributed by atoms with Crippen molar-refractivity contribution in [2.45, 2.75) is 83.3 Å². The molecular weight excluding hydrogens is 565 g/mol. The Balaban J connectivity index is 1.62. The molecule has 0 saturated carbocycles. The molecule has 11 nitrogen and oxygen atoms in total. The van der Waals surface area contributed by atoms with Gasteiger partial charge >= 0.3 is 13.5 Å². The van der Waals surface area contributed by atoms with E-state index in [1.54, 1.807) is 6.07 Å². The van der Waals surface area contributed by atoms with E-state index in [0.29, 0.717) is 15.7 Å². The standard InChI is InChI=1S/C24H30ClF2N2O9P/c1-22(2,3)12-7-13(23(4,5)6)17-11(15(12)26)9-35-39(34,38-17)36-10-24(27)18(31)16(30)20(37-24)29-8-14(25)19(32)28-21(29)33/h7-8,16,18,20,30-31H,9-10H2,1-6H3,(H,28,32,33)/t16-,18+,20-,24-,39?/m1/s1. The molecule has 0 aliphatic carbocycles. The number of halogens is 3. The summed E-state index contributed by atoms with van der Waals surface area (Å²) in [6.07, 6.45) is -5.34. The van der Waals surface area contributed by atoms with Crippen LogP contribution in [0.3, 0.4) is 0 Å². The van der Waals surface area contributed by atoms with Gasteiger partial charge in [0.05, 0.1) is 12.2 Å². The quantitative estimate of drug-likeness (QED) is 0.452. The summed E-state index contributed by atoms with van der Waals surface area (Å²) in [5, 5.41) is 20.3. The normalized spacial score (nSPS) is 29.3. The molecule has 1 aromatic carbocycles. The zero-order valence-electron chi connectivity index (χ0n) is 22.1. The molecule has 0 bridgehead atoms. The molecule has 2 aromatic rings. The summed E-state index contributed by atoms with van der Waals surface area (Å²) in [5.74, 6) is -3.86. The van der Waals surface area contributed by atoms with Gasteiger partial charge in [0.25, 0.3) is 11.4 Å². The zero-order chi connectivity index (χ0) is 29.3. The van der Waals surface area contributed by atoms with Crippen molar-refractivity contribution in [3.05, 3.63) is 60.6 Å². The molecule has 1 aromatic heterocycles. The van der Waals surface area contributed by atoms with Crippen LogP contribution in [0.1, 0.15) is 64.5 Å². The second-order valence-corrected chi connectivity index (χ2v) is 13.6. The van der Waals surface area contributed by atoms with E-state index >= 15 is 8.78 Å². The molecular formula is C24H30ClF2N2O9P. The van der Waals surface area contributed by atoms with Crippen LogP contribution in [0.5, 0.6) is 5.75 Å². The van der Waals surface area contributed by atoms with Gasteiger partial charge in [-0.25, -0.2) is 18.1 Å². The Bertz CT molecular complexity index is 1470. The monoisotopic (exact) mass is 594 g/mol. The third-order valence-electron chi connectivity index (χ3n) is 6.49. The van der Waals surface area contributed by atoms with E-state index in [1.807, 2.05) is 46.5 Å². The Labute approximate surface area is 227 Å². The largest absolute Gasteiger partial charge is 0.530 e. The average Bonchev–Trinajstić information content (AvgIpc) is 3.03. The molecule has 1 saturated heterocycles. The molecule has 39 heavy (non-hydrogen) atoms. The lowest BCUT2D eigenvalue weighted by atomic mass is 9.78. The van der Waals surface area contributed by atoms with Crippen molar-refractivity contribution < 1.29 is 41.9 Å². The van der Waals surface area contributed by atoms with Gasteiger partial charge < -0.3 is 19.5 Å². The number of phosphoric acid groups is 1. The van der Waals surface area contributed by atoms with Crippen molar-refractivity contribution in [3.8, 4) is 5.75 Å². The summed E-state index contributed by atoms with van der Waals surface area (Å²) in [5.41, 5.74) is -2.23. The number of hydrogen-bond donors (Lipinski definition) is 3. The minimum Gasteiger partial charge on any atom is -0.403 e. The predicted octanol–water partition coefficient (Wildman–Crippen LogP) is 3.57. The Morgan fingerprint density at radius 2 is 1.82 bits per heavy atom. The van der Waals surface area contributed by atoms with Gasteiger partial charge in [-0.3, -0.25) is 23.4 Å². The van der Waals surface area contributed by atoms with E-state index in [1.165, 1.54) is 0 Å². The minimum absolute atomic E-state index is 0.0272. The number of rotatable bonds is 4. The summed E-state index contributed by atoms with van der Waals surface area (Å²) in [7, 11) is -4.59. The number of aromatic amines is 1. The number of benzene rings is 1. The van der Waals surface area contributed by atoms with E-state index in [4.69, 9.17) is 29.9 Å². The SMILES string of the molecule is CC(C)(C)c1cc(C(C)(C)C)c2c(c1F)COP(=O)(OC[C@@]1(F)O[C@@H](n3cc(Cl)c(=O)[nH]c3=O)[C@H](O)[C@@H]1O)O2. The van der Waals surface area contributed by atoms with Crippen LogP contribution in [0.25, 0.3) is 0 Å². The number of aromatic nitrogens is 2. The van der Waals surface area contributed by atoms with E-state index in [0.717, 1.165) is 6.20 Å². The summed E-state index contributed by atoms with van der Waals surface area (Å²) in [6, 6.07) is 1.62. The molecule has 2 aliphatic rings. The number of hydrogen-bond acceptors (Lipinski definition) is 9. The fourth-order valence-electron chi connectivity index (χ4n) is 4.29. The molecule has 4 rings (SSSR count). The number of aliphatic hydroxyl groups is 2. The van der Waals surface area contributed by atoms with Crippen molar-refractivity contribution in [1.29, 1.82) is 0 Å². The first kappa shape index (κ1) is 29.9. The Morgan fingerprint density at radius 1 is 1.21 bits per heavy atom. The lowest BCUT2D eigenvalue weighted by Crippen LogP contribution is -2.43. The first-order valence-corrected chi connectivity index (χ1v) is 13.8. The highest BCUT2D eigenvalue weighted by Gasteiger charge is 2.58. The molecule has 0 radical (unpaired) electrons. The van der Waals surface area contributed by atoms with Gasteiger partial charge in [-0.1, -0.05) is 53.1 Å². The Morgan fingerprint density at radius 3 is 2.41 bits per heavy atom. The van der Waals surface area contributed by atoms with Crippen molar-refractivity contribution in [2.75, 3.05) is 6.61 Å². The molecule has 3 N–H and O–H groups in total. The molecule has 216 valence electrons. The van der Waals surface area contributed by atoms with Crippen LogP contribution in [0, 0.1) is 5.82 Å². The molecule has 1 unspecified atom stereocenters. The maximum Gasteiger partial charge on any atom is 0.530 e. The van der Waals surface area contributed by atoms with Crippen LogP contribution >= 0.6 is 19.4 Å². The van der Waals surface area contributed by atoms with Crippen LogP contribution in [-0.2, 0) is 35.8 Å². The lowest BCUT2D eigenvalue weighted by molar-refractivity contribution is -0.205. The molecule has 15 heteroatoms. The second-order valence-electron chi connectivity index (χ2n) is 11.6. The third-order valence-corrected chi connectivity index (χ3v) is 8.05. The average molecular weight is 595 g/mol. The highest BCUT2D eigenvalue weighted by molar-refractivity contribution is 7.49. The predicted molar refractivity (Wildman–Crippen MR) is 135 cm³/mol. The van der Waals surface area contributed by atoms with Crippen molar-refractivity contribution in [1.82, 2.24) is 9.55 Å². The topological polar surface area (TPSA) is 149 Å². The third kappa shape index (κ3) is 5.46. The molecule has 2 aliphatic heterocycles. The van der Waals surface area contributed by atoms with Crippen molar-refractivity contribution in [2.24, 2.45) is 0 Å². The highest BCUT2D eigenvalue weighted by atomic mass is 35.5. The molecule has 0 amide bonds. The summed E-state index contributed by atoms with van der Waals surface area (Å²) in [6.45, 7) is 9.29. The maximum atomic E-state index is 15.7. The van der Waals surface area contributed by atoms with Gasteiger partial charge in [0.15, 0.2) is 6.23 Å². The van der Waals surface area contributed by atoms with Gasteiger partial charge in [0.2, 0.25) is 0 Å². The van der Waals surface area contributed by atoms with E-state index in [-0.39, 0.29) is 11.3 Å². The minimum atomic E-state index is -4.59. The fraction of sp³-hybridized carbons (Fsp3) is 0.583. The fourth-order valence-corrected chi connectivity index (χ4v) is 5.67. The van der Waals surface area contributed by atoms with Crippen LogP contribution in [0.15, 0.2) is 21.9 Å². The van der Waals surface area contributed by atoms with Gasteiger partial charge in [0.1, 0.15) is 35.4 Å². The smallest absolute Gasteiger partial charge is 0.403 e. The first-order chi connectivity index (χ1) is 17.8. The van der Waals surface area contributed by atoms with Crippen LogP contribution in [0.4, 0.5) is 8.78 Å². The van der Waals surface area contributed by atoms with Gasteiger partial charge in [0, 0.05) is 11.8 Å². The molecule has 3 heterocycles. The Hall–Kier alpha value is -2.12. The number of H-pyrrole nitrogens is 1. The van der Waals surface area contributed by atoms with Crippen molar-refractivity contribution >= 4 is 19.4 Å². The van der Waals surface area contributed by atoms with Gasteiger partial charge in [-0.05, 0) is 22.5 Å². The van der Waals surface area contributed by atoms with Gasteiger partial charge in [-0.2, -0.15) is 0 Å². The van der Waals surface area contributed by atoms with Gasteiger partial charge in [-0.15, -0.1) is 0 Å².